The van der Waals surface area contributed by atoms with Gasteiger partial charge in [-0.2, -0.15) is 0 Å². The molecule has 0 fully saturated rings. The van der Waals surface area contributed by atoms with Crippen LogP contribution in [0.2, 0.25) is 0 Å². The maximum atomic E-state index is 5.88. The molecule has 3 nitrogen and oxygen atoms in total. The van der Waals surface area contributed by atoms with Crippen LogP contribution in [0.4, 0.5) is 5.69 Å². The highest BCUT2D eigenvalue weighted by Crippen LogP contribution is 2.32. The fraction of sp³-hybridized carbons (Fsp3) is 0.312. The Kier molecular flexibility index (Phi) is 3.49. The molecule has 0 aliphatic carbocycles. The van der Waals surface area contributed by atoms with Gasteiger partial charge in [0.2, 0.25) is 0 Å². The zero-order valence-corrected chi connectivity index (χ0v) is 12.7. The van der Waals surface area contributed by atoms with Crippen LogP contribution in [0.5, 0.6) is 0 Å². The van der Waals surface area contributed by atoms with Crippen molar-refractivity contribution in [2.75, 3.05) is 5.73 Å². The molecule has 1 atom stereocenters. The summed E-state index contributed by atoms with van der Waals surface area (Å²) in [5.41, 5.74) is 8.83. The molecule has 0 saturated carbocycles. The molecule has 20 heavy (non-hydrogen) atoms. The summed E-state index contributed by atoms with van der Waals surface area (Å²) in [5, 5.41) is 2.14. The third-order valence-electron chi connectivity index (χ3n) is 3.67. The summed E-state index contributed by atoms with van der Waals surface area (Å²) in [6.07, 6.45) is 1.99. The second kappa shape index (κ2) is 5.29. The number of aromatic nitrogens is 2. The van der Waals surface area contributed by atoms with Crippen LogP contribution in [0.3, 0.4) is 0 Å². The number of anilines is 1. The van der Waals surface area contributed by atoms with Crippen molar-refractivity contribution in [1.29, 1.82) is 0 Å². The summed E-state index contributed by atoms with van der Waals surface area (Å²) in [6, 6.07) is 10.7. The minimum absolute atomic E-state index is 0.360. The van der Waals surface area contributed by atoms with Gasteiger partial charge in [-0.15, -0.1) is 11.3 Å². The van der Waals surface area contributed by atoms with E-state index in [9.17, 15) is 0 Å². The normalized spacial score (nSPS) is 12.9. The number of nitrogens with two attached hydrogens (primary N) is 1. The molecule has 3 aromatic rings. The first kappa shape index (κ1) is 13.2. The van der Waals surface area contributed by atoms with E-state index in [1.165, 1.54) is 10.4 Å². The van der Waals surface area contributed by atoms with E-state index in [0.29, 0.717) is 6.04 Å². The standard InChI is InChI=1S/C16H19N3S/c1-3-13(15-6-5-9-20-15)19-14-8-7-11(17)10-12(14)18-16(19)4-2/h5-10,13H,3-4,17H2,1-2H3. The zero-order chi connectivity index (χ0) is 14.1. The largest absolute Gasteiger partial charge is 0.399 e. The van der Waals surface area contributed by atoms with Crippen LogP contribution >= 0.6 is 11.3 Å². The van der Waals surface area contributed by atoms with Crippen LogP contribution in [-0.2, 0) is 6.42 Å². The minimum atomic E-state index is 0.360. The van der Waals surface area contributed by atoms with E-state index in [4.69, 9.17) is 10.7 Å². The zero-order valence-electron chi connectivity index (χ0n) is 11.8. The number of hydrogen-bond donors (Lipinski definition) is 1. The van der Waals surface area contributed by atoms with E-state index in [2.05, 4.69) is 42.0 Å². The van der Waals surface area contributed by atoms with E-state index in [1.807, 2.05) is 23.5 Å². The van der Waals surface area contributed by atoms with Crippen LogP contribution < -0.4 is 5.73 Å². The van der Waals surface area contributed by atoms with E-state index >= 15 is 0 Å². The molecule has 4 heteroatoms. The molecule has 0 aliphatic rings. The molecule has 104 valence electrons. The SMILES string of the molecule is CCc1nc2cc(N)ccc2n1C(CC)c1cccs1. The van der Waals surface area contributed by atoms with Gasteiger partial charge < -0.3 is 10.3 Å². The molecule has 0 spiro atoms. The maximum Gasteiger partial charge on any atom is 0.110 e. The van der Waals surface area contributed by atoms with Crippen molar-refractivity contribution < 1.29 is 0 Å². The van der Waals surface area contributed by atoms with Crippen LogP contribution in [0.15, 0.2) is 35.7 Å². The van der Waals surface area contributed by atoms with Gasteiger partial charge in [-0.05, 0) is 36.1 Å². The number of hydrogen-bond acceptors (Lipinski definition) is 3. The van der Waals surface area contributed by atoms with E-state index in [0.717, 1.165) is 29.9 Å². The van der Waals surface area contributed by atoms with Crippen molar-refractivity contribution in [2.45, 2.75) is 32.7 Å². The highest BCUT2D eigenvalue weighted by atomic mass is 32.1. The summed E-state index contributed by atoms with van der Waals surface area (Å²) in [5.74, 6) is 1.13. The minimum Gasteiger partial charge on any atom is -0.399 e. The van der Waals surface area contributed by atoms with Crippen molar-refractivity contribution in [2.24, 2.45) is 0 Å². The molecule has 2 aromatic heterocycles. The third-order valence-corrected chi connectivity index (χ3v) is 4.65. The Labute approximate surface area is 123 Å². The predicted molar refractivity (Wildman–Crippen MR) is 86.3 cm³/mol. The molecule has 0 aliphatic heterocycles. The first-order valence-corrected chi connectivity index (χ1v) is 7.92. The molecule has 2 heterocycles. The smallest absolute Gasteiger partial charge is 0.110 e. The average molecular weight is 285 g/mol. The lowest BCUT2D eigenvalue weighted by molar-refractivity contribution is 0.567. The number of nitrogens with zero attached hydrogens (tertiary/aromatic N) is 2. The number of imidazole rings is 1. The number of benzene rings is 1. The highest BCUT2D eigenvalue weighted by molar-refractivity contribution is 7.10. The Bertz CT molecular complexity index is 713. The van der Waals surface area contributed by atoms with Crippen molar-refractivity contribution in [3.8, 4) is 0 Å². The van der Waals surface area contributed by atoms with Crippen LogP contribution in [0, 0.1) is 0 Å². The molecule has 0 amide bonds. The Morgan fingerprint density at radius 3 is 2.80 bits per heavy atom. The maximum absolute atomic E-state index is 5.88. The van der Waals surface area contributed by atoms with E-state index in [1.54, 1.807) is 0 Å². The van der Waals surface area contributed by atoms with Gasteiger partial charge in [-0.1, -0.05) is 19.9 Å². The summed E-state index contributed by atoms with van der Waals surface area (Å²) < 4.78 is 2.38. The predicted octanol–water partition coefficient (Wildman–Crippen LogP) is 4.24. The number of fused-ring (bicyclic) bond motifs is 1. The quantitative estimate of drug-likeness (QED) is 0.729. The summed E-state index contributed by atoms with van der Waals surface area (Å²) >= 11 is 1.81. The van der Waals surface area contributed by atoms with Crippen LogP contribution in [0.1, 0.15) is 37.0 Å². The number of thiophene rings is 1. The molecular weight excluding hydrogens is 266 g/mol. The molecule has 0 bridgehead atoms. The fourth-order valence-electron chi connectivity index (χ4n) is 2.75. The fourth-order valence-corrected chi connectivity index (χ4v) is 3.66. The molecular formula is C16H19N3S. The summed E-state index contributed by atoms with van der Waals surface area (Å²) in [4.78, 5) is 6.15. The molecule has 1 aromatic carbocycles. The van der Waals surface area contributed by atoms with Crippen molar-refractivity contribution >= 4 is 28.1 Å². The second-order valence-electron chi connectivity index (χ2n) is 4.94. The first-order chi connectivity index (χ1) is 9.74. The molecule has 1 unspecified atom stereocenters. The monoisotopic (exact) mass is 285 g/mol. The van der Waals surface area contributed by atoms with Crippen molar-refractivity contribution in [1.82, 2.24) is 9.55 Å². The van der Waals surface area contributed by atoms with Gasteiger partial charge in [0.05, 0.1) is 17.1 Å². The Balaban J connectivity index is 2.22. The molecule has 2 N–H and O–H groups in total. The highest BCUT2D eigenvalue weighted by Gasteiger charge is 2.19. The number of rotatable bonds is 4. The molecule has 0 saturated heterocycles. The summed E-state index contributed by atoms with van der Waals surface area (Å²) in [7, 11) is 0. The lowest BCUT2D eigenvalue weighted by Gasteiger charge is -2.19. The number of aryl methyl sites for hydroxylation is 1. The number of nitrogen functional groups attached to an aromatic ring is 1. The lowest BCUT2D eigenvalue weighted by atomic mass is 10.1. The van der Waals surface area contributed by atoms with Gasteiger partial charge in [-0.3, -0.25) is 0 Å². The van der Waals surface area contributed by atoms with Gasteiger partial charge in [0.15, 0.2) is 0 Å². The Hall–Kier alpha value is -1.81. The van der Waals surface area contributed by atoms with Gasteiger partial charge in [0, 0.05) is 17.0 Å². The first-order valence-electron chi connectivity index (χ1n) is 7.04. The van der Waals surface area contributed by atoms with Gasteiger partial charge in [-0.25, -0.2) is 4.98 Å². The average Bonchev–Trinajstić information content (AvgIpc) is 3.08. The van der Waals surface area contributed by atoms with Gasteiger partial charge >= 0.3 is 0 Å². The van der Waals surface area contributed by atoms with Crippen LogP contribution in [-0.4, -0.2) is 9.55 Å². The Morgan fingerprint density at radius 1 is 1.30 bits per heavy atom. The molecule has 0 radical (unpaired) electrons. The van der Waals surface area contributed by atoms with Crippen molar-refractivity contribution in [3.05, 3.63) is 46.4 Å². The van der Waals surface area contributed by atoms with E-state index < -0.39 is 0 Å². The van der Waals surface area contributed by atoms with E-state index in [-0.39, 0.29) is 0 Å². The molecule has 3 rings (SSSR count). The van der Waals surface area contributed by atoms with Crippen LogP contribution in [0.25, 0.3) is 11.0 Å². The third kappa shape index (κ3) is 2.10. The summed E-state index contributed by atoms with van der Waals surface area (Å²) in [6.45, 7) is 4.38. The van der Waals surface area contributed by atoms with Gasteiger partial charge in [0.25, 0.3) is 0 Å². The lowest BCUT2D eigenvalue weighted by Crippen LogP contribution is -2.11. The second-order valence-corrected chi connectivity index (χ2v) is 5.92. The van der Waals surface area contributed by atoms with Gasteiger partial charge in [0.1, 0.15) is 5.82 Å². The Morgan fingerprint density at radius 2 is 2.15 bits per heavy atom. The van der Waals surface area contributed by atoms with Crippen molar-refractivity contribution in [3.63, 3.8) is 0 Å². The topological polar surface area (TPSA) is 43.8 Å².